The maximum atomic E-state index is 13.0. The number of aliphatic carboxylic acids is 1. The van der Waals surface area contributed by atoms with Crippen LogP contribution in [0.4, 0.5) is 0 Å². The first kappa shape index (κ1) is 20.6. The molecule has 1 aliphatic carbocycles. The van der Waals surface area contributed by atoms with Crippen molar-refractivity contribution < 1.29 is 24.2 Å². The Morgan fingerprint density at radius 2 is 1.93 bits per heavy atom. The van der Waals surface area contributed by atoms with Gasteiger partial charge in [-0.05, 0) is 50.4 Å². The van der Waals surface area contributed by atoms with Gasteiger partial charge < -0.3 is 19.5 Å². The third kappa shape index (κ3) is 5.02. The number of likely N-dealkylation sites (tertiary alicyclic amines) is 1. The van der Waals surface area contributed by atoms with Crippen LogP contribution in [0, 0.1) is 17.8 Å². The Morgan fingerprint density at radius 1 is 1.19 bits per heavy atom. The zero-order valence-electron chi connectivity index (χ0n) is 16.8. The minimum Gasteiger partial charge on any atom is -0.481 e. The maximum Gasteiger partial charge on any atom is 0.309 e. The molecule has 2 heterocycles. The third-order valence-corrected chi connectivity index (χ3v) is 6.66. The van der Waals surface area contributed by atoms with Gasteiger partial charge in [-0.15, -0.1) is 0 Å². The van der Waals surface area contributed by atoms with E-state index in [0.29, 0.717) is 38.5 Å². The van der Waals surface area contributed by atoms with Gasteiger partial charge in [0.1, 0.15) is 6.10 Å². The molecular weight excluding hydrogens is 346 g/mol. The van der Waals surface area contributed by atoms with E-state index in [2.05, 4.69) is 6.92 Å². The molecule has 27 heavy (non-hydrogen) atoms. The molecule has 2 aliphatic heterocycles. The van der Waals surface area contributed by atoms with Crippen molar-refractivity contribution in [2.24, 2.45) is 17.8 Å². The lowest BCUT2D eigenvalue weighted by molar-refractivity contribution is -0.153. The first-order valence-electron chi connectivity index (χ1n) is 10.8. The van der Waals surface area contributed by atoms with Gasteiger partial charge in [-0.1, -0.05) is 26.7 Å². The molecule has 0 bridgehead atoms. The van der Waals surface area contributed by atoms with Gasteiger partial charge in [0.05, 0.1) is 18.1 Å². The second kappa shape index (κ2) is 9.37. The van der Waals surface area contributed by atoms with Crippen molar-refractivity contribution in [2.75, 3.05) is 19.7 Å². The maximum absolute atomic E-state index is 13.0. The van der Waals surface area contributed by atoms with Gasteiger partial charge in [0, 0.05) is 19.7 Å². The second-order valence-corrected chi connectivity index (χ2v) is 8.66. The summed E-state index contributed by atoms with van der Waals surface area (Å²) in [4.78, 5) is 26.3. The van der Waals surface area contributed by atoms with Crippen molar-refractivity contribution in [3.8, 4) is 0 Å². The van der Waals surface area contributed by atoms with E-state index in [1.807, 2.05) is 11.8 Å². The highest BCUT2D eigenvalue weighted by atomic mass is 16.5. The molecule has 0 aromatic rings. The van der Waals surface area contributed by atoms with E-state index in [1.54, 1.807) is 0 Å². The molecule has 3 aliphatic rings. The number of piperidine rings is 1. The molecule has 2 saturated heterocycles. The van der Waals surface area contributed by atoms with Crippen LogP contribution in [-0.4, -0.2) is 59.9 Å². The largest absolute Gasteiger partial charge is 0.481 e. The first-order valence-corrected chi connectivity index (χ1v) is 10.8. The summed E-state index contributed by atoms with van der Waals surface area (Å²) in [6.07, 6.45) is 7.19. The highest BCUT2D eigenvalue weighted by Gasteiger charge is 2.41. The lowest BCUT2D eigenvalue weighted by Gasteiger charge is -2.38. The number of carboxylic acids is 1. The van der Waals surface area contributed by atoms with Crippen LogP contribution in [0.25, 0.3) is 0 Å². The fourth-order valence-electron chi connectivity index (χ4n) is 5.06. The minimum atomic E-state index is -0.753. The van der Waals surface area contributed by atoms with Gasteiger partial charge in [0.15, 0.2) is 0 Å². The fraction of sp³-hybridized carbons (Fsp3) is 0.905. The predicted octanol–water partition coefficient (Wildman–Crippen LogP) is 3.09. The van der Waals surface area contributed by atoms with Crippen LogP contribution in [0.3, 0.4) is 0 Å². The number of carbonyl (C=O) groups excluding carboxylic acids is 1. The summed E-state index contributed by atoms with van der Waals surface area (Å²) in [5.41, 5.74) is 0. The lowest BCUT2D eigenvalue weighted by Crippen LogP contribution is -2.48. The van der Waals surface area contributed by atoms with E-state index in [4.69, 9.17) is 9.47 Å². The van der Waals surface area contributed by atoms with Crippen molar-refractivity contribution >= 4 is 11.9 Å². The van der Waals surface area contributed by atoms with Gasteiger partial charge >= 0.3 is 5.97 Å². The van der Waals surface area contributed by atoms with Crippen molar-refractivity contribution in [2.45, 2.75) is 83.5 Å². The Bertz CT molecular complexity index is 517. The molecule has 5 atom stereocenters. The molecule has 1 N–H and O–H groups in total. The Morgan fingerprint density at radius 3 is 2.56 bits per heavy atom. The minimum absolute atomic E-state index is 0.108. The lowest BCUT2D eigenvalue weighted by atomic mass is 9.84. The molecule has 0 spiro atoms. The summed E-state index contributed by atoms with van der Waals surface area (Å²) in [6.45, 7) is 6.17. The number of hydrogen-bond donors (Lipinski definition) is 1. The summed E-state index contributed by atoms with van der Waals surface area (Å²) in [6, 6.07) is 0. The van der Waals surface area contributed by atoms with Crippen LogP contribution >= 0.6 is 0 Å². The molecule has 6 heteroatoms. The normalized spacial score (nSPS) is 33.8. The molecule has 0 aromatic carbocycles. The molecule has 4 unspecified atom stereocenters. The molecule has 6 nitrogen and oxygen atoms in total. The highest BCUT2D eigenvalue weighted by molar-refractivity contribution is 5.81. The third-order valence-electron chi connectivity index (χ3n) is 6.66. The van der Waals surface area contributed by atoms with E-state index < -0.39 is 11.9 Å². The summed E-state index contributed by atoms with van der Waals surface area (Å²) < 4.78 is 11.9. The Balaban J connectivity index is 1.50. The van der Waals surface area contributed by atoms with Crippen molar-refractivity contribution in [3.63, 3.8) is 0 Å². The average molecular weight is 382 g/mol. The smallest absolute Gasteiger partial charge is 0.309 e. The van der Waals surface area contributed by atoms with Gasteiger partial charge in [-0.2, -0.15) is 0 Å². The Kier molecular flexibility index (Phi) is 7.15. The molecule has 3 rings (SSSR count). The number of rotatable bonds is 6. The zero-order chi connectivity index (χ0) is 19.4. The SMILES string of the molecule is CCC(OC1CCCC(C)C1)C(=O)N1CCC([C@@H]2OCCC2C(=O)O)CC1. The number of hydrogen-bond acceptors (Lipinski definition) is 4. The van der Waals surface area contributed by atoms with Crippen LogP contribution < -0.4 is 0 Å². The summed E-state index contributed by atoms with van der Waals surface area (Å²) in [7, 11) is 0. The molecule has 3 fully saturated rings. The number of carbonyl (C=O) groups is 2. The standard InChI is InChI=1S/C21H35NO5/c1-3-18(27-16-6-4-5-14(2)13-16)20(23)22-10-7-15(8-11-22)19-17(21(24)25)9-12-26-19/h14-19H,3-13H2,1-2H3,(H,24,25)/t14?,16?,17?,18?,19-/m0/s1. The van der Waals surface area contributed by atoms with Crippen LogP contribution in [0.5, 0.6) is 0 Å². The van der Waals surface area contributed by atoms with Crippen LogP contribution in [-0.2, 0) is 19.1 Å². The number of nitrogens with zero attached hydrogens (tertiary/aromatic N) is 1. The van der Waals surface area contributed by atoms with Gasteiger partial charge in [-0.3, -0.25) is 9.59 Å². The van der Waals surface area contributed by atoms with E-state index >= 15 is 0 Å². The summed E-state index contributed by atoms with van der Waals surface area (Å²) in [5, 5.41) is 9.37. The van der Waals surface area contributed by atoms with Crippen molar-refractivity contribution in [1.29, 1.82) is 0 Å². The summed E-state index contributed by atoms with van der Waals surface area (Å²) >= 11 is 0. The second-order valence-electron chi connectivity index (χ2n) is 8.66. The van der Waals surface area contributed by atoms with Crippen LogP contribution in [0.15, 0.2) is 0 Å². The van der Waals surface area contributed by atoms with Gasteiger partial charge in [0.2, 0.25) is 0 Å². The molecular formula is C21H35NO5. The van der Waals surface area contributed by atoms with E-state index in [9.17, 15) is 14.7 Å². The summed E-state index contributed by atoms with van der Waals surface area (Å²) in [5.74, 6) is -0.121. The van der Waals surface area contributed by atoms with Gasteiger partial charge in [0.25, 0.3) is 5.91 Å². The number of amides is 1. The van der Waals surface area contributed by atoms with Gasteiger partial charge in [-0.25, -0.2) is 0 Å². The fourth-order valence-corrected chi connectivity index (χ4v) is 5.06. The topological polar surface area (TPSA) is 76.1 Å². The molecule has 1 amide bonds. The van der Waals surface area contributed by atoms with E-state index in [0.717, 1.165) is 25.7 Å². The zero-order valence-corrected chi connectivity index (χ0v) is 16.8. The highest BCUT2D eigenvalue weighted by Crippen LogP contribution is 2.34. The van der Waals surface area contributed by atoms with Crippen LogP contribution in [0.1, 0.15) is 65.2 Å². The molecule has 0 radical (unpaired) electrons. The van der Waals surface area contributed by atoms with Crippen molar-refractivity contribution in [1.82, 2.24) is 4.90 Å². The number of carboxylic acid groups (broad SMARTS) is 1. The van der Waals surface area contributed by atoms with E-state index in [1.165, 1.54) is 12.8 Å². The first-order chi connectivity index (χ1) is 13.0. The van der Waals surface area contributed by atoms with Crippen molar-refractivity contribution in [3.05, 3.63) is 0 Å². The van der Waals surface area contributed by atoms with E-state index in [-0.39, 0.29) is 30.1 Å². The van der Waals surface area contributed by atoms with Crippen LogP contribution in [0.2, 0.25) is 0 Å². The Hall–Kier alpha value is -1.14. The average Bonchev–Trinajstić information content (AvgIpc) is 3.16. The monoisotopic (exact) mass is 381 g/mol. The predicted molar refractivity (Wildman–Crippen MR) is 101 cm³/mol. The Labute approximate surface area is 162 Å². The molecule has 1 saturated carbocycles. The quantitative estimate of drug-likeness (QED) is 0.765. The molecule has 0 aromatic heterocycles. The number of ether oxygens (including phenoxy) is 2. The molecule has 154 valence electrons.